The summed E-state index contributed by atoms with van der Waals surface area (Å²) in [6.45, 7) is -0.420. The molecule has 0 aliphatic heterocycles. The summed E-state index contributed by atoms with van der Waals surface area (Å²) >= 11 is 0.700. The molecule has 64 valence electrons. The van der Waals surface area contributed by atoms with Crippen molar-refractivity contribution in [1.29, 1.82) is 10.5 Å². The lowest BCUT2D eigenvalue weighted by atomic mass is 10.8. The smallest absolute Gasteiger partial charge is 0.348 e. The van der Waals surface area contributed by atoms with Crippen LogP contribution in [-0.4, -0.2) is 12.6 Å². The van der Waals surface area contributed by atoms with Crippen LogP contribution in [-0.2, 0) is 18.2 Å². The van der Waals surface area contributed by atoms with Crippen LogP contribution in [0.5, 0.6) is 0 Å². The summed E-state index contributed by atoms with van der Waals surface area (Å²) in [4.78, 5) is 10.5. The molecule has 0 radical (unpaired) electrons. The van der Waals surface area contributed by atoms with Crippen molar-refractivity contribution < 1.29 is 18.2 Å². The van der Waals surface area contributed by atoms with Crippen LogP contribution in [0.15, 0.2) is 0 Å². The van der Waals surface area contributed by atoms with Gasteiger partial charge in [-0.3, -0.25) is 0 Å². The number of carbonyl (C=O) groups is 1. The molecular formula is C4H3N2O4PS. The molecule has 0 spiro atoms. The van der Waals surface area contributed by atoms with Gasteiger partial charge in [-0.2, -0.15) is 5.26 Å². The first-order valence-electron chi connectivity index (χ1n) is 2.48. The van der Waals surface area contributed by atoms with Crippen LogP contribution < -0.4 is 0 Å². The summed E-state index contributed by atoms with van der Waals surface area (Å²) in [5.41, 5.74) is 0. The Labute approximate surface area is 74.2 Å². The van der Waals surface area contributed by atoms with Crippen molar-refractivity contribution >= 4 is 25.6 Å². The quantitative estimate of drug-likeness (QED) is 0.282. The molecule has 0 saturated heterocycles. The van der Waals surface area contributed by atoms with Crippen molar-refractivity contribution in [3.63, 3.8) is 0 Å². The van der Waals surface area contributed by atoms with Crippen LogP contribution >= 0.6 is 19.7 Å². The molecule has 1 unspecified atom stereocenters. The van der Waals surface area contributed by atoms with E-state index in [1.807, 2.05) is 0 Å². The molecule has 6 nitrogen and oxygen atoms in total. The third-order valence-electron chi connectivity index (χ3n) is 0.523. The van der Waals surface area contributed by atoms with Crippen molar-refractivity contribution in [1.82, 2.24) is 0 Å². The fourth-order valence-electron chi connectivity index (χ4n) is 0.220. The van der Waals surface area contributed by atoms with Gasteiger partial charge in [0, 0.05) is 0 Å². The molecule has 0 N–H and O–H groups in total. The summed E-state index contributed by atoms with van der Waals surface area (Å²) < 4.78 is 12.7. The summed E-state index contributed by atoms with van der Waals surface area (Å²) in [5.74, 6) is -0.677. The van der Waals surface area contributed by atoms with Crippen molar-refractivity contribution in [3.05, 3.63) is 0 Å². The van der Waals surface area contributed by atoms with Gasteiger partial charge >= 0.3 is 5.97 Å². The highest BCUT2D eigenvalue weighted by Gasteiger charge is 2.02. The highest BCUT2D eigenvalue weighted by Crippen LogP contribution is 2.30. The van der Waals surface area contributed by atoms with Gasteiger partial charge in [-0.15, -0.1) is 5.26 Å². The Morgan fingerprint density at radius 1 is 1.50 bits per heavy atom. The van der Waals surface area contributed by atoms with E-state index < -0.39 is 12.6 Å². The van der Waals surface area contributed by atoms with Crippen LogP contribution in [0.3, 0.4) is 0 Å². The lowest BCUT2D eigenvalue weighted by Gasteiger charge is -1.98. The number of nitrogens with zero attached hydrogens (tertiary/aromatic N) is 2. The van der Waals surface area contributed by atoms with Gasteiger partial charge in [0.1, 0.15) is 11.7 Å². The van der Waals surface area contributed by atoms with Gasteiger partial charge in [0.05, 0.1) is 0 Å². The summed E-state index contributed by atoms with van der Waals surface area (Å²) in [7, 11) is -0.336. The van der Waals surface area contributed by atoms with E-state index in [0.717, 1.165) is 0 Å². The second kappa shape index (κ2) is 7.93. The van der Waals surface area contributed by atoms with Crippen LogP contribution in [0.25, 0.3) is 0 Å². The first-order valence-corrected chi connectivity index (χ1v) is 4.86. The van der Waals surface area contributed by atoms with Gasteiger partial charge in [-0.25, -0.2) is 4.79 Å². The lowest BCUT2D eigenvalue weighted by Crippen LogP contribution is -2.05. The maximum atomic E-state index is 10.5. The van der Waals surface area contributed by atoms with E-state index in [-0.39, 0.29) is 8.01 Å². The van der Waals surface area contributed by atoms with E-state index in [2.05, 4.69) is 13.4 Å². The molecule has 1 atom stereocenters. The number of carbonyl (C=O) groups excluding carboxylic acids is 1. The van der Waals surface area contributed by atoms with E-state index in [1.165, 1.54) is 12.5 Å². The predicted octanol–water partition coefficient (Wildman–Crippen LogP) is 0.682. The fourth-order valence-corrected chi connectivity index (χ4v) is 1.07. The molecule has 0 bridgehead atoms. The zero-order valence-corrected chi connectivity index (χ0v) is 7.46. The minimum absolute atomic E-state index is 0.336. The van der Waals surface area contributed by atoms with Gasteiger partial charge in [0.15, 0.2) is 14.6 Å². The third-order valence-corrected chi connectivity index (χ3v) is 1.76. The average Bonchev–Trinajstić information content (AvgIpc) is 2.09. The average molecular weight is 206 g/mol. The molecule has 0 aromatic rings. The van der Waals surface area contributed by atoms with E-state index in [9.17, 15) is 4.79 Å². The largest absolute Gasteiger partial charge is 0.431 e. The van der Waals surface area contributed by atoms with Gasteiger partial charge < -0.3 is 13.4 Å². The van der Waals surface area contributed by atoms with Gasteiger partial charge in [0.2, 0.25) is 0 Å². The molecule has 0 heterocycles. The minimum atomic E-state index is -0.677. The normalized spacial score (nSPS) is 8.50. The molecule has 8 heteroatoms. The Bertz CT molecular complexity index is 222. The van der Waals surface area contributed by atoms with Gasteiger partial charge in [0.25, 0.3) is 12.5 Å². The minimum Gasteiger partial charge on any atom is -0.431 e. The molecule has 0 rings (SSSR count). The maximum Gasteiger partial charge on any atom is 0.348 e. The Hall–Kier alpha value is -1.17. The first kappa shape index (κ1) is 10.8. The van der Waals surface area contributed by atoms with Crippen molar-refractivity contribution in [2.75, 3.05) is 6.61 Å². The standard InChI is InChI=1S/C4H3N2O4PS/c5-2-8-1-4(7)10-11-12-9-3-6/h11H,1H2. The van der Waals surface area contributed by atoms with E-state index in [1.54, 1.807) is 0 Å². The van der Waals surface area contributed by atoms with Crippen molar-refractivity contribution in [3.8, 4) is 12.5 Å². The number of nitriles is 2. The molecule has 0 saturated carbocycles. The van der Waals surface area contributed by atoms with Gasteiger partial charge in [-0.05, 0) is 0 Å². The Kier molecular flexibility index (Phi) is 7.16. The van der Waals surface area contributed by atoms with E-state index in [4.69, 9.17) is 10.5 Å². The Balaban J connectivity index is 3.22. The van der Waals surface area contributed by atoms with E-state index in [0.29, 0.717) is 11.7 Å². The molecule has 0 aromatic carbocycles. The zero-order chi connectivity index (χ0) is 9.23. The molecule has 0 amide bonds. The maximum absolute atomic E-state index is 10.5. The van der Waals surface area contributed by atoms with Crippen LogP contribution in [0.2, 0.25) is 0 Å². The Morgan fingerprint density at radius 3 is 2.83 bits per heavy atom. The number of hydrogen-bond acceptors (Lipinski definition) is 7. The summed E-state index contributed by atoms with van der Waals surface area (Å²) in [6.07, 6.45) is 2.69. The SMILES string of the molecule is N#COCC(=O)OPSOC#N. The second-order valence-electron chi connectivity index (χ2n) is 1.20. The third kappa shape index (κ3) is 6.94. The van der Waals surface area contributed by atoms with Crippen LogP contribution in [0.1, 0.15) is 0 Å². The monoisotopic (exact) mass is 206 g/mol. The topological polar surface area (TPSA) is 92.3 Å². The lowest BCUT2D eigenvalue weighted by molar-refractivity contribution is -0.136. The van der Waals surface area contributed by atoms with Crippen LogP contribution in [0, 0.1) is 23.0 Å². The van der Waals surface area contributed by atoms with Crippen molar-refractivity contribution in [2.45, 2.75) is 0 Å². The molecular weight excluding hydrogens is 203 g/mol. The molecule has 0 aliphatic carbocycles. The molecule has 0 fully saturated rings. The molecule has 0 aromatic heterocycles. The summed E-state index contributed by atoms with van der Waals surface area (Å²) in [6, 6.07) is 0. The zero-order valence-electron chi connectivity index (χ0n) is 5.64. The highest BCUT2D eigenvalue weighted by atomic mass is 32.7. The number of hydrogen-bond donors (Lipinski definition) is 0. The van der Waals surface area contributed by atoms with Crippen molar-refractivity contribution in [2.24, 2.45) is 0 Å². The number of rotatable bonds is 5. The fraction of sp³-hybridized carbons (Fsp3) is 0.250. The van der Waals surface area contributed by atoms with Gasteiger partial charge in [-0.1, -0.05) is 0 Å². The highest BCUT2D eigenvalue weighted by molar-refractivity contribution is 8.45. The van der Waals surface area contributed by atoms with E-state index >= 15 is 0 Å². The molecule has 0 aliphatic rings. The Morgan fingerprint density at radius 2 is 2.25 bits per heavy atom. The van der Waals surface area contributed by atoms with Crippen LogP contribution in [0.4, 0.5) is 0 Å². The second-order valence-corrected chi connectivity index (χ2v) is 2.90. The molecule has 12 heavy (non-hydrogen) atoms. The summed E-state index contributed by atoms with van der Waals surface area (Å²) in [5, 5.41) is 15.8. The number of ether oxygens (including phenoxy) is 1. The predicted molar refractivity (Wildman–Crippen MR) is 40.3 cm³/mol. The first-order chi connectivity index (χ1) is 5.81.